The zero-order valence-corrected chi connectivity index (χ0v) is 23.5. The van der Waals surface area contributed by atoms with Gasteiger partial charge in [-0.15, -0.1) is 0 Å². The molecule has 0 saturated carbocycles. The maximum atomic E-state index is 13.9. The van der Waals surface area contributed by atoms with Gasteiger partial charge in [0.15, 0.2) is 0 Å². The van der Waals surface area contributed by atoms with Crippen molar-refractivity contribution >= 4 is 21.8 Å². The summed E-state index contributed by atoms with van der Waals surface area (Å²) < 4.78 is 27.5. The van der Waals surface area contributed by atoms with Gasteiger partial charge in [0.1, 0.15) is 6.04 Å². The van der Waals surface area contributed by atoms with Gasteiger partial charge in [-0.2, -0.15) is 4.31 Å². The Morgan fingerprint density at radius 1 is 0.868 bits per heavy atom. The predicted octanol–water partition coefficient (Wildman–Crippen LogP) is 4.09. The van der Waals surface area contributed by atoms with E-state index in [1.807, 2.05) is 82.3 Å². The third-order valence-corrected chi connectivity index (χ3v) is 8.21. The predicted molar refractivity (Wildman–Crippen MR) is 150 cm³/mol. The van der Waals surface area contributed by atoms with Gasteiger partial charge in [-0.3, -0.25) is 9.59 Å². The third-order valence-electron chi connectivity index (χ3n) is 6.39. The molecule has 8 heteroatoms. The number of benzene rings is 3. The van der Waals surface area contributed by atoms with Crippen LogP contribution in [0, 0.1) is 13.8 Å². The van der Waals surface area contributed by atoms with E-state index in [2.05, 4.69) is 5.32 Å². The molecule has 3 aromatic rings. The molecule has 0 radical (unpaired) electrons. The first-order valence-electron chi connectivity index (χ1n) is 12.7. The van der Waals surface area contributed by atoms with E-state index in [1.54, 1.807) is 12.1 Å². The van der Waals surface area contributed by atoms with Gasteiger partial charge in [0, 0.05) is 26.1 Å². The summed E-state index contributed by atoms with van der Waals surface area (Å²) in [6, 6.07) is 22.7. The molecular formula is C30H37N3O4S. The Kier molecular flexibility index (Phi) is 9.83. The highest BCUT2D eigenvalue weighted by Gasteiger charge is 2.33. The number of aryl methyl sites for hydroxylation is 2. The Labute approximate surface area is 226 Å². The molecular weight excluding hydrogens is 498 g/mol. The molecule has 202 valence electrons. The monoisotopic (exact) mass is 535 g/mol. The summed E-state index contributed by atoms with van der Waals surface area (Å²) in [5, 5.41) is 2.95. The van der Waals surface area contributed by atoms with Crippen LogP contribution in [-0.4, -0.2) is 55.1 Å². The van der Waals surface area contributed by atoms with E-state index in [4.69, 9.17) is 0 Å². The van der Waals surface area contributed by atoms with Crippen LogP contribution in [0.15, 0.2) is 83.8 Å². The molecule has 1 atom stereocenters. The van der Waals surface area contributed by atoms with E-state index < -0.39 is 28.5 Å². The standard InChI is InChI=1S/C30H37N3O4S/c1-22(2)31-30(35)28(19-25-12-7-6-8-13-25)33(20-26-14-10-9-11-24(26)4)29(34)21-32(5)38(36,37)27-17-15-23(3)16-18-27/h6-18,22,28H,19-21H2,1-5H3,(H,31,35)/t28-/m0/s1. The van der Waals surface area contributed by atoms with E-state index >= 15 is 0 Å². The van der Waals surface area contributed by atoms with Crippen LogP contribution in [0.3, 0.4) is 0 Å². The minimum atomic E-state index is -3.90. The summed E-state index contributed by atoms with van der Waals surface area (Å²) in [7, 11) is -2.52. The van der Waals surface area contributed by atoms with Gasteiger partial charge in [0.25, 0.3) is 0 Å². The van der Waals surface area contributed by atoms with E-state index in [9.17, 15) is 18.0 Å². The smallest absolute Gasteiger partial charge is 0.243 e. The molecule has 0 saturated heterocycles. The lowest BCUT2D eigenvalue weighted by Gasteiger charge is -2.33. The maximum absolute atomic E-state index is 13.9. The van der Waals surface area contributed by atoms with Crippen LogP contribution in [0.25, 0.3) is 0 Å². The number of hydrogen-bond donors (Lipinski definition) is 1. The zero-order valence-electron chi connectivity index (χ0n) is 22.7. The zero-order chi connectivity index (χ0) is 27.9. The molecule has 0 aliphatic carbocycles. The van der Waals surface area contributed by atoms with Gasteiger partial charge < -0.3 is 10.2 Å². The number of sulfonamides is 1. The second kappa shape index (κ2) is 12.8. The lowest BCUT2D eigenvalue weighted by Crippen LogP contribution is -2.54. The van der Waals surface area contributed by atoms with Crippen LogP contribution in [-0.2, 0) is 32.6 Å². The summed E-state index contributed by atoms with van der Waals surface area (Å²) in [4.78, 5) is 29.0. The minimum Gasteiger partial charge on any atom is -0.352 e. The highest BCUT2D eigenvalue weighted by atomic mass is 32.2. The Morgan fingerprint density at radius 2 is 1.47 bits per heavy atom. The number of rotatable bonds is 11. The van der Waals surface area contributed by atoms with Crippen molar-refractivity contribution in [3.8, 4) is 0 Å². The van der Waals surface area contributed by atoms with Gasteiger partial charge in [0.05, 0.1) is 11.4 Å². The Balaban J connectivity index is 1.98. The van der Waals surface area contributed by atoms with Gasteiger partial charge in [-0.05, 0) is 56.5 Å². The molecule has 7 nitrogen and oxygen atoms in total. The summed E-state index contributed by atoms with van der Waals surface area (Å²) in [6.07, 6.45) is 0.297. The normalized spacial score (nSPS) is 12.4. The van der Waals surface area contributed by atoms with Crippen LogP contribution in [0.2, 0.25) is 0 Å². The maximum Gasteiger partial charge on any atom is 0.243 e. The molecule has 0 bridgehead atoms. The summed E-state index contributed by atoms with van der Waals surface area (Å²) in [6.45, 7) is 7.34. The Morgan fingerprint density at radius 3 is 2.08 bits per heavy atom. The van der Waals surface area contributed by atoms with Crippen LogP contribution < -0.4 is 5.32 Å². The molecule has 3 aromatic carbocycles. The molecule has 2 amide bonds. The summed E-state index contributed by atoms with van der Waals surface area (Å²) in [5.41, 5.74) is 3.71. The van der Waals surface area contributed by atoms with Crippen molar-refractivity contribution in [3.63, 3.8) is 0 Å². The largest absolute Gasteiger partial charge is 0.352 e. The second-order valence-electron chi connectivity index (χ2n) is 9.89. The van der Waals surface area contributed by atoms with Gasteiger partial charge in [0.2, 0.25) is 21.8 Å². The van der Waals surface area contributed by atoms with Crippen LogP contribution in [0.1, 0.15) is 36.1 Å². The van der Waals surface area contributed by atoms with Crippen molar-refractivity contribution in [2.45, 2.75) is 57.6 Å². The molecule has 0 fully saturated rings. The number of nitrogens with one attached hydrogen (secondary N) is 1. The fraction of sp³-hybridized carbons (Fsp3) is 0.333. The van der Waals surface area contributed by atoms with Crippen molar-refractivity contribution in [1.82, 2.24) is 14.5 Å². The average Bonchev–Trinajstić information content (AvgIpc) is 2.87. The highest BCUT2D eigenvalue weighted by Crippen LogP contribution is 2.20. The lowest BCUT2D eigenvalue weighted by atomic mass is 10.0. The topological polar surface area (TPSA) is 86.8 Å². The Hall–Kier alpha value is -3.49. The van der Waals surface area contributed by atoms with Crippen molar-refractivity contribution < 1.29 is 18.0 Å². The number of nitrogens with zero attached hydrogens (tertiary/aromatic N) is 2. The number of carbonyl (C=O) groups excluding carboxylic acids is 2. The van der Waals surface area contributed by atoms with Crippen molar-refractivity contribution in [2.24, 2.45) is 0 Å². The number of amides is 2. The van der Waals surface area contributed by atoms with Crippen LogP contribution in [0.5, 0.6) is 0 Å². The molecule has 3 rings (SSSR count). The SMILES string of the molecule is Cc1ccc(S(=O)(=O)N(C)CC(=O)N(Cc2ccccc2C)[C@@H](Cc2ccccc2)C(=O)NC(C)C)cc1. The fourth-order valence-electron chi connectivity index (χ4n) is 4.16. The average molecular weight is 536 g/mol. The lowest BCUT2D eigenvalue weighted by molar-refractivity contribution is -0.141. The van der Waals surface area contributed by atoms with Gasteiger partial charge >= 0.3 is 0 Å². The molecule has 0 spiro atoms. The quantitative estimate of drug-likeness (QED) is 0.401. The molecule has 0 heterocycles. The third kappa shape index (κ3) is 7.52. The summed E-state index contributed by atoms with van der Waals surface area (Å²) in [5.74, 6) is -0.735. The molecule has 0 aliphatic heterocycles. The molecule has 1 N–H and O–H groups in total. The highest BCUT2D eigenvalue weighted by molar-refractivity contribution is 7.89. The van der Waals surface area contributed by atoms with Crippen LogP contribution >= 0.6 is 0 Å². The summed E-state index contributed by atoms with van der Waals surface area (Å²) >= 11 is 0. The first-order valence-corrected chi connectivity index (χ1v) is 14.1. The van der Waals surface area contributed by atoms with Gasteiger partial charge in [-0.1, -0.05) is 72.3 Å². The molecule has 0 aromatic heterocycles. The van der Waals surface area contributed by atoms with E-state index in [-0.39, 0.29) is 23.4 Å². The van der Waals surface area contributed by atoms with E-state index in [0.29, 0.717) is 6.42 Å². The van der Waals surface area contributed by atoms with Crippen molar-refractivity contribution in [2.75, 3.05) is 13.6 Å². The first-order chi connectivity index (χ1) is 18.0. The molecule has 38 heavy (non-hydrogen) atoms. The number of likely N-dealkylation sites (N-methyl/N-ethyl adjacent to an activating group) is 1. The van der Waals surface area contributed by atoms with E-state index in [1.165, 1.54) is 24.1 Å². The van der Waals surface area contributed by atoms with Crippen molar-refractivity contribution in [3.05, 3.63) is 101 Å². The fourth-order valence-corrected chi connectivity index (χ4v) is 5.28. The van der Waals surface area contributed by atoms with Gasteiger partial charge in [-0.25, -0.2) is 8.42 Å². The molecule has 0 aliphatic rings. The molecule has 0 unspecified atom stereocenters. The second-order valence-corrected chi connectivity index (χ2v) is 11.9. The first kappa shape index (κ1) is 29.1. The van der Waals surface area contributed by atoms with E-state index in [0.717, 1.165) is 26.6 Å². The Bertz CT molecular complexity index is 1340. The van der Waals surface area contributed by atoms with Crippen LogP contribution in [0.4, 0.5) is 0 Å². The number of carbonyl (C=O) groups is 2. The number of hydrogen-bond acceptors (Lipinski definition) is 4. The minimum absolute atomic E-state index is 0.113. The van der Waals surface area contributed by atoms with Crippen molar-refractivity contribution in [1.29, 1.82) is 0 Å².